The van der Waals surface area contributed by atoms with E-state index in [0.29, 0.717) is 6.54 Å². The van der Waals surface area contributed by atoms with Crippen molar-refractivity contribution in [1.29, 1.82) is 0 Å². The van der Waals surface area contributed by atoms with Gasteiger partial charge in [0.15, 0.2) is 5.82 Å². The fourth-order valence-corrected chi connectivity index (χ4v) is 1.96. The SMILES string of the molecule is Fc1ccc(-c2ncnn2Cc2ccccc2)cc1. The number of rotatable bonds is 3. The highest BCUT2D eigenvalue weighted by Gasteiger charge is 2.07. The second-order valence-corrected chi connectivity index (χ2v) is 4.23. The highest BCUT2D eigenvalue weighted by Crippen LogP contribution is 2.17. The van der Waals surface area contributed by atoms with Gasteiger partial charge < -0.3 is 0 Å². The van der Waals surface area contributed by atoms with Crippen molar-refractivity contribution in [3.8, 4) is 11.4 Å². The number of nitrogens with zero attached hydrogens (tertiary/aromatic N) is 3. The van der Waals surface area contributed by atoms with Crippen LogP contribution in [-0.2, 0) is 6.54 Å². The molecule has 19 heavy (non-hydrogen) atoms. The zero-order chi connectivity index (χ0) is 13.1. The summed E-state index contributed by atoms with van der Waals surface area (Å²) >= 11 is 0. The van der Waals surface area contributed by atoms with Crippen LogP contribution in [0.15, 0.2) is 60.9 Å². The zero-order valence-electron chi connectivity index (χ0n) is 10.2. The van der Waals surface area contributed by atoms with Crippen LogP contribution in [0, 0.1) is 5.82 Å². The standard InChI is InChI=1S/C15H12FN3/c16-14-8-6-13(7-9-14)15-17-11-18-19(15)10-12-4-2-1-3-5-12/h1-9,11H,10H2. The monoisotopic (exact) mass is 253 g/mol. The van der Waals surface area contributed by atoms with E-state index in [9.17, 15) is 4.39 Å². The first-order chi connectivity index (χ1) is 9.33. The predicted molar refractivity (Wildman–Crippen MR) is 71.0 cm³/mol. The third-order valence-corrected chi connectivity index (χ3v) is 2.89. The Morgan fingerprint density at radius 1 is 0.947 bits per heavy atom. The van der Waals surface area contributed by atoms with Crippen molar-refractivity contribution in [2.24, 2.45) is 0 Å². The van der Waals surface area contributed by atoms with Crippen LogP contribution < -0.4 is 0 Å². The Balaban J connectivity index is 1.92. The van der Waals surface area contributed by atoms with E-state index in [1.54, 1.807) is 12.1 Å². The Morgan fingerprint density at radius 2 is 1.68 bits per heavy atom. The molecule has 4 heteroatoms. The number of hydrogen-bond donors (Lipinski definition) is 0. The average Bonchev–Trinajstić information content (AvgIpc) is 2.89. The molecular weight excluding hydrogens is 241 g/mol. The highest BCUT2D eigenvalue weighted by atomic mass is 19.1. The molecule has 0 amide bonds. The van der Waals surface area contributed by atoms with Crippen molar-refractivity contribution in [3.05, 3.63) is 72.3 Å². The van der Waals surface area contributed by atoms with E-state index in [1.807, 2.05) is 35.0 Å². The van der Waals surface area contributed by atoms with Crippen LogP contribution in [0.4, 0.5) is 4.39 Å². The summed E-state index contributed by atoms with van der Waals surface area (Å²) in [7, 11) is 0. The summed E-state index contributed by atoms with van der Waals surface area (Å²) in [6.45, 7) is 0.646. The summed E-state index contributed by atoms with van der Waals surface area (Å²) in [6.07, 6.45) is 1.52. The quantitative estimate of drug-likeness (QED) is 0.718. The van der Waals surface area contributed by atoms with Gasteiger partial charge in [0, 0.05) is 5.56 Å². The fraction of sp³-hybridized carbons (Fsp3) is 0.0667. The Bertz CT molecular complexity index is 659. The molecule has 0 aliphatic carbocycles. The number of hydrogen-bond acceptors (Lipinski definition) is 2. The van der Waals surface area contributed by atoms with Crippen LogP contribution in [0.25, 0.3) is 11.4 Å². The first-order valence-electron chi connectivity index (χ1n) is 6.00. The lowest BCUT2D eigenvalue weighted by Crippen LogP contribution is -2.04. The molecule has 0 aliphatic rings. The van der Waals surface area contributed by atoms with E-state index in [2.05, 4.69) is 10.1 Å². The molecule has 0 radical (unpaired) electrons. The maximum Gasteiger partial charge on any atom is 0.158 e. The molecule has 3 nitrogen and oxygen atoms in total. The van der Waals surface area contributed by atoms with Gasteiger partial charge in [0.1, 0.15) is 12.1 Å². The van der Waals surface area contributed by atoms with E-state index >= 15 is 0 Å². The first kappa shape index (κ1) is 11.6. The zero-order valence-corrected chi connectivity index (χ0v) is 10.2. The maximum atomic E-state index is 12.9. The molecular formula is C15H12FN3. The van der Waals surface area contributed by atoms with E-state index < -0.39 is 0 Å². The molecule has 1 heterocycles. The van der Waals surface area contributed by atoms with Crippen molar-refractivity contribution in [3.63, 3.8) is 0 Å². The maximum absolute atomic E-state index is 12.9. The summed E-state index contributed by atoms with van der Waals surface area (Å²) in [5.41, 5.74) is 2.01. The van der Waals surface area contributed by atoms with Gasteiger partial charge in [0.2, 0.25) is 0 Å². The first-order valence-corrected chi connectivity index (χ1v) is 6.00. The summed E-state index contributed by atoms with van der Waals surface area (Å²) < 4.78 is 14.7. The van der Waals surface area contributed by atoms with Crippen LogP contribution in [-0.4, -0.2) is 14.8 Å². The molecule has 0 spiro atoms. The second kappa shape index (κ2) is 5.02. The van der Waals surface area contributed by atoms with Gasteiger partial charge in [-0.05, 0) is 29.8 Å². The Morgan fingerprint density at radius 3 is 2.42 bits per heavy atom. The lowest BCUT2D eigenvalue weighted by molar-refractivity contribution is 0.627. The summed E-state index contributed by atoms with van der Waals surface area (Å²) in [4.78, 5) is 4.24. The molecule has 0 aliphatic heterocycles. The molecule has 3 rings (SSSR count). The van der Waals surface area contributed by atoms with Crippen molar-refractivity contribution < 1.29 is 4.39 Å². The summed E-state index contributed by atoms with van der Waals surface area (Å²) in [5, 5.41) is 4.22. The van der Waals surface area contributed by atoms with Gasteiger partial charge in [0.25, 0.3) is 0 Å². The molecule has 3 aromatic rings. The van der Waals surface area contributed by atoms with Gasteiger partial charge in [-0.15, -0.1) is 0 Å². The number of benzene rings is 2. The molecule has 0 fully saturated rings. The van der Waals surface area contributed by atoms with E-state index in [4.69, 9.17) is 0 Å². The van der Waals surface area contributed by atoms with Crippen LogP contribution in [0.5, 0.6) is 0 Å². The largest absolute Gasteiger partial charge is 0.241 e. The van der Waals surface area contributed by atoms with Gasteiger partial charge in [-0.1, -0.05) is 30.3 Å². The lowest BCUT2D eigenvalue weighted by atomic mass is 10.2. The van der Waals surface area contributed by atoms with Crippen LogP contribution >= 0.6 is 0 Å². The van der Waals surface area contributed by atoms with Gasteiger partial charge in [-0.2, -0.15) is 5.10 Å². The minimum Gasteiger partial charge on any atom is -0.241 e. The molecule has 0 bridgehead atoms. The molecule has 0 saturated carbocycles. The lowest BCUT2D eigenvalue weighted by Gasteiger charge is -2.06. The third kappa shape index (κ3) is 2.52. The Hall–Kier alpha value is -2.49. The summed E-state index contributed by atoms with van der Waals surface area (Å²) in [6, 6.07) is 16.3. The highest BCUT2D eigenvalue weighted by molar-refractivity contribution is 5.54. The van der Waals surface area contributed by atoms with Crippen molar-refractivity contribution in [1.82, 2.24) is 14.8 Å². The van der Waals surface area contributed by atoms with Crippen LogP contribution in [0.1, 0.15) is 5.56 Å². The minimum absolute atomic E-state index is 0.252. The van der Waals surface area contributed by atoms with Crippen LogP contribution in [0.2, 0.25) is 0 Å². The average molecular weight is 253 g/mol. The van der Waals surface area contributed by atoms with Crippen molar-refractivity contribution >= 4 is 0 Å². The fourth-order valence-electron chi connectivity index (χ4n) is 1.96. The molecule has 2 aromatic carbocycles. The van der Waals surface area contributed by atoms with Gasteiger partial charge in [-0.3, -0.25) is 0 Å². The summed E-state index contributed by atoms with van der Waals surface area (Å²) in [5.74, 6) is 0.488. The molecule has 0 unspecified atom stereocenters. The van der Waals surface area contributed by atoms with E-state index in [1.165, 1.54) is 18.5 Å². The van der Waals surface area contributed by atoms with Crippen LogP contribution in [0.3, 0.4) is 0 Å². The Kier molecular flexibility index (Phi) is 3.06. The molecule has 0 atom stereocenters. The number of aromatic nitrogens is 3. The predicted octanol–water partition coefficient (Wildman–Crippen LogP) is 3.13. The van der Waals surface area contributed by atoms with E-state index in [-0.39, 0.29) is 5.82 Å². The van der Waals surface area contributed by atoms with Gasteiger partial charge in [-0.25, -0.2) is 14.1 Å². The van der Waals surface area contributed by atoms with Crippen molar-refractivity contribution in [2.45, 2.75) is 6.54 Å². The molecule has 0 saturated heterocycles. The molecule has 94 valence electrons. The van der Waals surface area contributed by atoms with E-state index in [0.717, 1.165) is 17.0 Å². The van der Waals surface area contributed by atoms with Gasteiger partial charge in [0.05, 0.1) is 6.54 Å². The third-order valence-electron chi connectivity index (χ3n) is 2.89. The minimum atomic E-state index is -0.252. The molecule has 0 N–H and O–H groups in total. The molecule has 1 aromatic heterocycles. The van der Waals surface area contributed by atoms with Crippen molar-refractivity contribution in [2.75, 3.05) is 0 Å². The smallest absolute Gasteiger partial charge is 0.158 e. The normalized spacial score (nSPS) is 10.6. The second-order valence-electron chi connectivity index (χ2n) is 4.23. The number of halogens is 1. The Labute approximate surface area is 110 Å². The topological polar surface area (TPSA) is 30.7 Å². The van der Waals surface area contributed by atoms with Gasteiger partial charge >= 0.3 is 0 Å².